The molecule has 0 aromatic rings. The summed E-state index contributed by atoms with van der Waals surface area (Å²) in [5.41, 5.74) is 0. The summed E-state index contributed by atoms with van der Waals surface area (Å²) in [7, 11) is 0. The standard InChI is InChI=1S/C12H23NS/c1-9-5-10(2)7-12(6-9)13-11-3-4-14-8-11/h9-13H,3-8H2,1-2H3. The molecular weight excluding hydrogens is 190 g/mol. The van der Waals surface area contributed by atoms with Crippen molar-refractivity contribution < 1.29 is 0 Å². The maximum absolute atomic E-state index is 3.86. The number of rotatable bonds is 2. The maximum Gasteiger partial charge on any atom is 0.0168 e. The average molecular weight is 213 g/mol. The second kappa shape index (κ2) is 4.89. The third-order valence-corrected chi connectivity index (χ3v) is 4.74. The van der Waals surface area contributed by atoms with Crippen LogP contribution in [-0.2, 0) is 0 Å². The number of hydrogen-bond donors (Lipinski definition) is 1. The van der Waals surface area contributed by atoms with E-state index in [0.717, 1.165) is 23.9 Å². The Hall–Kier alpha value is 0.310. The quantitative estimate of drug-likeness (QED) is 0.757. The Bertz CT molecular complexity index is 167. The average Bonchev–Trinajstić information content (AvgIpc) is 2.54. The highest BCUT2D eigenvalue weighted by molar-refractivity contribution is 7.99. The molecule has 0 aromatic heterocycles. The van der Waals surface area contributed by atoms with Crippen molar-refractivity contribution in [1.82, 2.24) is 5.32 Å². The van der Waals surface area contributed by atoms with Gasteiger partial charge in [0.15, 0.2) is 0 Å². The summed E-state index contributed by atoms with van der Waals surface area (Å²) in [4.78, 5) is 0. The van der Waals surface area contributed by atoms with Crippen LogP contribution >= 0.6 is 11.8 Å². The molecular formula is C12H23NS. The lowest BCUT2D eigenvalue weighted by Crippen LogP contribution is -2.42. The Balaban J connectivity index is 1.78. The zero-order chi connectivity index (χ0) is 9.97. The van der Waals surface area contributed by atoms with Crippen molar-refractivity contribution in [3.63, 3.8) is 0 Å². The molecule has 14 heavy (non-hydrogen) atoms. The van der Waals surface area contributed by atoms with Gasteiger partial charge >= 0.3 is 0 Å². The summed E-state index contributed by atoms with van der Waals surface area (Å²) in [5.74, 6) is 4.59. The van der Waals surface area contributed by atoms with E-state index in [-0.39, 0.29) is 0 Å². The van der Waals surface area contributed by atoms with Crippen LogP contribution in [0.2, 0.25) is 0 Å². The minimum atomic E-state index is 0.817. The monoisotopic (exact) mass is 213 g/mol. The van der Waals surface area contributed by atoms with Gasteiger partial charge in [0.2, 0.25) is 0 Å². The molecule has 2 rings (SSSR count). The van der Waals surface area contributed by atoms with Crippen molar-refractivity contribution >= 4 is 11.8 Å². The van der Waals surface area contributed by atoms with Gasteiger partial charge in [-0.15, -0.1) is 0 Å². The van der Waals surface area contributed by atoms with Crippen LogP contribution in [0.5, 0.6) is 0 Å². The summed E-state index contributed by atoms with van der Waals surface area (Å²) < 4.78 is 0. The molecule has 1 aliphatic carbocycles. The molecule has 1 saturated heterocycles. The first kappa shape index (κ1) is 10.8. The fourth-order valence-corrected chi connectivity index (χ4v) is 4.25. The lowest BCUT2D eigenvalue weighted by atomic mass is 9.80. The maximum atomic E-state index is 3.86. The first-order valence-electron chi connectivity index (χ1n) is 6.08. The van der Waals surface area contributed by atoms with Crippen molar-refractivity contribution in [3.05, 3.63) is 0 Å². The largest absolute Gasteiger partial charge is 0.310 e. The van der Waals surface area contributed by atoms with Gasteiger partial charge in [-0.3, -0.25) is 0 Å². The first-order valence-corrected chi connectivity index (χ1v) is 7.23. The third kappa shape index (κ3) is 2.90. The van der Waals surface area contributed by atoms with E-state index in [4.69, 9.17) is 0 Å². The summed E-state index contributed by atoms with van der Waals surface area (Å²) in [6.45, 7) is 4.82. The summed E-state index contributed by atoms with van der Waals surface area (Å²) in [5, 5.41) is 3.86. The minimum absolute atomic E-state index is 0.817. The van der Waals surface area contributed by atoms with Gasteiger partial charge in [0, 0.05) is 17.8 Å². The van der Waals surface area contributed by atoms with Crippen LogP contribution in [0, 0.1) is 11.8 Å². The molecule has 3 unspecified atom stereocenters. The number of hydrogen-bond acceptors (Lipinski definition) is 2. The van der Waals surface area contributed by atoms with Gasteiger partial charge in [-0.25, -0.2) is 0 Å². The Morgan fingerprint density at radius 1 is 1.00 bits per heavy atom. The van der Waals surface area contributed by atoms with Gasteiger partial charge in [-0.05, 0) is 43.3 Å². The predicted molar refractivity (Wildman–Crippen MR) is 64.8 cm³/mol. The minimum Gasteiger partial charge on any atom is -0.310 e. The first-order chi connectivity index (χ1) is 6.74. The molecule has 3 atom stereocenters. The zero-order valence-electron chi connectivity index (χ0n) is 9.46. The van der Waals surface area contributed by atoms with Gasteiger partial charge in [-0.1, -0.05) is 13.8 Å². The van der Waals surface area contributed by atoms with Crippen LogP contribution in [-0.4, -0.2) is 23.6 Å². The molecule has 1 heterocycles. The molecule has 82 valence electrons. The van der Waals surface area contributed by atoms with Crippen molar-refractivity contribution in [1.29, 1.82) is 0 Å². The molecule has 2 heteroatoms. The zero-order valence-corrected chi connectivity index (χ0v) is 10.3. The van der Waals surface area contributed by atoms with Crippen LogP contribution in [0.4, 0.5) is 0 Å². The smallest absolute Gasteiger partial charge is 0.0168 e. The van der Waals surface area contributed by atoms with E-state index in [1.807, 2.05) is 0 Å². The predicted octanol–water partition coefficient (Wildman–Crippen LogP) is 2.91. The van der Waals surface area contributed by atoms with E-state index in [1.54, 1.807) is 0 Å². The van der Waals surface area contributed by atoms with E-state index in [0.29, 0.717) is 0 Å². The Labute approximate surface area is 92.4 Å². The van der Waals surface area contributed by atoms with Crippen LogP contribution in [0.15, 0.2) is 0 Å². The molecule has 1 N–H and O–H groups in total. The normalized spacial score (nSPS) is 44.1. The molecule has 0 radical (unpaired) electrons. The van der Waals surface area contributed by atoms with Gasteiger partial charge in [0.05, 0.1) is 0 Å². The Morgan fingerprint density at radius 2 is 1.71 bits per heavy atom. The molecule has 1 aliphatic heterocycles. The molecule has 0 spiro atoms. The van der Waals surface area contributed by atoms with Crippen LogP contribution < -0.4 is 5.32 Å². The second-order valence-corrected chi connectivity index (χ2v) is 6.49. The topological polar surface area (TPSA) is 12.0 Å². The third-order valence-electron chi connectivity index (χ3n) is 3.58. The summed E-state index contributed by atoms with van der Waals surface area (Å²) >= 11 is 2.11. The molecule has 0 aromatic carbocycles. The lowest BCUT2D eigenvalue weighted by Gasteiger charge is -2.33. The van der Waals surface area contributed by atoms with Crippen LogP contribution in [0.3, 0.4) is 0 Å². The van der Waals surface area contributed by atoms with Crippen molar-refractivity contribution in [2.45, 2.75) is 51.6 Å². The number of nitrogens with one attached hydrogen (secondary N) is 1. The van der Waals surface area contributed by atoms with Crippen molar-refractivity contribution in [3.8, 4) is 0 Å². The summed E-state index contributed by atoms with van der Waals surface area (Å²) in [6.07, 6.45) is 5.65. The second-order valence-electron chi connectivity index (χ2n) is 5.34. The SMILES string of the molecule is CC1CC(C)CC(NC2CCSC2)C1. The van der Waals surface area contributed by atoms with Gasteiger partial charge in [0.1, 0.15) is 0 Å². The van der Waals surface area contributed by atoms with Gasteiger partial charge in [-0.2, -0.15) is 11.8 Å². The molecule has 0 bridgehead atoms. The highest BCUT2D eigenvalue weighted by Crippen LogP contribution is 2.29. The molecule has 0 amide bonds. The molecule has 2 fully saturated rings. The van der Waals surface area contributed by atoms with Crippen molar-refractivity contribution in [2.24, 2.45) is 11.8 Å². The Kier molecular flexibility index (Phi) is 3.78. The van der Waals surface area contributed by atoms with E-state index in [9.17, 15) is 0 Å². The van der Waals surface area contributed by atoms with Crippen LogP contribution in [0.25, 0.3) is 0 Å². The van der Waals surface area contributed by atoms with E-state index in [1.165, 1.54) is 37.2 Å². The van der Waals surface area contributed by atoms with Gasteiger partial charge < -0.3 is 5.32 Å². The highest BCUT2D eigenvalue weighted by atomic mass is 32.2. The fraction of sp³-hybridized carbons (Fsp3) is 1.00. The Morgan fingerprint density at radius 3 is 2.29 bits per heavy atom. The molecule has 1 nitrogen and oxygen atoms in total. The fourth-order valence-electron chi connectivity index (χ4n) is 3.08. The summed E-state index contributed by atoms with van der Waals surface area (Å²) in [6, 6.07) is 1.64. The highest BCUT2D eigenvalue weighted by Gasteiger charge is 2.26. The van der Waals surface area contributed by atoms with Crippen LogP contribution in [0.1, 0.15) is 39.5 Å². The lowest BCUT2D eigenvalue weighted by molar-refractivity contribution is 0.229. The molecule has 1 saturated carbocycles. The van der Waals surface area contributed by atoms with E-state index >= 15 is 0 Å². The number of thioether (sulfide) groups is 1. The van der Waals surface area contributed by atoms with E-state index < -0.39 is 0 Å². The van der Waals surface area contributed by atoms with E-state index in [2.05, 4.69) is 30.9 Å². The van der Waals surface area contributed by atoms with Gasteiger partial charge in [0.25, 0.3) is 0 Å². The molecule has 2 aliphatic rings. The van der Waals surface area contributed by atoms with Crippen molar-refractivity contribution in [2.75, 3.05) is 11.5 Å².